The van der Waals surface area contributed by atoms with Crippen LogP contribution in [-0.2, 0) is 15.1 Å². The summed E-state index contributed by atoms with van der Waals surface area (Å²) in [5.74, 6) is 0.525. The summed E-state index contributed by atoms with van der Waals surface area (Å²) in [7, 11) is 0. The molecular weight excluding hydrogens is 420 g/mol. The van der Waals surface area contributed by atoms with Gasteiger partial charge in [-0.05, 0) is 44.0 Å². The maximum atomic E-state index is 13.0. The first kappa shape index (κ1) is 22.8. The van der Waals surface area contributed by atoms with E-state index in [1.165, 1.54) is 0 Å². The number of hydrogen-bond acceptors (Lipinski definition) is 5. The maximum absolute atomic E-state index is 13.0. The quantitative estimate of drug-likeness (QED) is 0.511. The zero-order chi connectivity index (χ0) is 23.6. The van der Waals surface area contributed by atoms with Gasteiger partial charge in [0.25, 0.3) is 5.91 Å². The van der Waals surface area contributed by atoms with Crippen molar-refractivity contribution in [3.05, 3.63) is 94.9 Å². The van der Waals surface area contributed by atoms with Gasteiger partial charge in [0.2, 0.25) is 0 Å². The topological polar surface area (TPSA) is 92.0 Å². The first-order valence-electron chi connectivity index (χ1n) is 10.9. The van der Waals surface area contributed by atoms with Gasteiger partial charge in [-0.2, -0.15) is 0 Å². The van der Waals surface area contributed by atoms with E-state index in [2.05, 4.69) is 5.32 Å². The Balaban J connectivity index is 1.45. The third-order valence-electron chi connectivity index (χ3n) is 5.84. The second-order valence-electron chi connectivity index (χ2n) is 8.57. The maximum Gasteiger partial charge on any atom is 0.325 e. The van der Waals surface area contributed by atoms with Crippen molar-refractivity contribution in [2.24, 2.45) is 0 Å². The lowest BCUT2D eigenvalue weighted by Gasteiger charge is -2.23. The molecule has 33 heavy (non-hydrogen) atoms. The molecule has 0 aliphatic carbocycles. The van der Waals surface area contributed by atoms with Crippen LogP contribution in [0.25, 0.3) is 0 Å². The normalized spacial score (nSPS) is 20.1. The molecule has 0 radical (unpaired) electrons. The number of aliphatic hydroxyl groups excluding tert-OH is 1. The van der Waals surface area contributed by atoms with E-state index in [4.69, 9.17) is 9.15 Å². The lowest BCUT2D eigenvalue weighted by molar-refractivity contribution is -0.133. The number of carbonyl (C=O) groups excluding carboxylic acids is 2. The minimum absolute atomic E-state index is 0.0545. The number of urea groups is 1. The highest BCUT2D eigenvalue weighted by Crippen LogP contribution is 2.31. The summed E-state index contributed by atoms with van der Waals surface area (Å²) in [6, 6.07) is 20.6. The molecule has 3 unspecified atom stereocenters. The van der Waals surface area contributed by atoms with Crippen molar-refractivity contribution in [3.8, 4) is 0 Å². The van der Waals surface area contributed by atoms with E-state index in [0.29, 0.717) is 11.5 Å². The highest BCUT2D eigenvalue weighted by atomic mass is 16.5. The van der Waals surface area contributed by atoms with E-state index >= 15 is 0 Å². The average Bonchev–Trinajstić information content (AvgIpc) is 3.33. The molecular formula is C26H28N2O5. The fraction of sp³-hybridized carbons (Fsp3) is 0.308. The van der Waals surface area contributed by atoms with Crippen LogP contribution in [0.15, 0.2) is 71.1 Å². The fourth-order valence-electron chi connectivity index (χ4n) is 3.96. The summed E-state index contributed by atoms with van der Waals surface area (Å²) in [5.41, 5.74) is 1.73. The van der Waals surface area contributed by atoms with Crippen LogP contribution in [0.5, 0.6) is 0 Å². The minimum Gasteiger partial charge on any atom is -0.463 e. The lowest BCUT2D eigenvalue weighted by atomic mass is 9.99. The lowest BCUT2D eigenvalue weighted by Crippen LogP contribution is -2.42. The number of nitrogens with one attached hydrogen (secondary N) is 1. The Morgan fingerprint density at radius 3 is 2.30 bits per heavy atom. The second-order valence-corrected chi connectivity index (χ2v) is 8.57. The van der Waals surface area contributed by atoms with Gasteiger partial charge in [-0.25, -0.2) is 4.79 Å². The molecule has 172 valence electrons. The molecule has 3 atom stereocenters. The summed E-state index contributed by atoms with van der Waals surface area (Å²) in [6.07, 6.45) is -1.45. The van der Waals surface area contributed by atoms with Crippen LogP contribution in [0, 0.1) is 13.8 Å². The van der Waals surface area contributed by atoms with Crippen LogP contribution in [0.4, 0.5) is 4.79 Å². The average molecular weight is 449 g/mol. The number of rotatable bonds is 8. The van der Waals surface area contributed by atoms with Crippen molar-refractivity contribution < 1.29 is 23.8 Å². The molecule has 0 spiro atoms. The number of aliphatic hydroxyl groups is 1. The Labute approximate surface area is 193 Å². The molecule has 3 amide bonds. The van der Waals surface area contributed by atoms with Crippen LogP contribution in [0.2, 0.25) is 0 Å². The summed E-state index contributed by atoms with van der Waals surface area (Å²) in [6.45, 7) is 5.14. The van der Waals surface area contributed by atoms with Gasteiger partial charge in [0.1, 0.15) is 17.6 Å². The number of ether oxygens (including phenoxy) is 1. The molecule has 1 aromatic heterocycles. The van der Waals surface area contributed by atoms with Gasteiger partial charge in [-0.1, -0.05) is 60.2 Å². The predicted molar refractivity (Wildman–Crippen MR) is 122 cm³/mol. The molecule has 3 aromatic rings. The third kappa shape index (κ3) is 4.69. The van der Waals surface area contributed by atoms with E-state index < -0.39 is 23.6 Å². The molecule has 2 N–H and O–H groups in total. The molecule has 1 aliphatic rings. The summed E-state index contributed by atoms with van der Waals surface area (Å²) in [5, 5.41) is 13.3. The number of aryl methyl sites for hydroxylation is 2. The molecule has 1 fully saturated rings. The van der Waals surface area contributed by atoms with Gasteiger partial charge in [-0.15, -0.1) is 0 Å². The second kappa shape index (κ2) is 9.21. The Kier molecular flexibility index (Phi) is 6.35. The molecule has 1 aliphatic heterocycles. The van der Waals surface area contributed by atoms with Crippen LogP contribution < -0.4 is 5.32 Å². The van der Waals surface area contributed by atoms with Crippen LogP contribution in [-0.4, -0.2) is 41.2 Å². The summed E-state index contributed by atoms with van der Waals surface area (Å²) < 4.78 is 11.7. The number of amides is 3. The van der Waals surface area contributed by atoms with Crippen molar-refractivity contribution in [2.45, 2.75) is 38.5 Å². The van der Waals surface area contributed by atoms with Gasteiger partial charge in [0.05, 0.1) is 19.3 Å². The SMILES string of the molecule is Cc1ccc(C(OCC(O)CN2C(=O)NC(C)(c3ccc(C)o3)C2=O)c2ccccc2)cc1. The van der Waals surface area contributed by atoms with Gasteiger partial charge >= 0.3 is 6.03 Å². The number of nitrogens with zero attached hydrogens (tertiary/aromatic N) is 1. The predicted octanol–water partition coefficient (Wildman–Crippen LogP) is 3.83. The number of β-amino-alcohol motifs (C(OH)–C–C–N with tert-alkyl or cyclic N) is 1. The molecule has 2 aromatic carbocycles. The van der Waals surface area contributed by atoms with Crippen molar-refractivity contribution in [3.63, 3.8) is 0 Å². The van der Waals surface area contributed by atoms with Crippen molar-refractivity contribution in [1.29, 1.82) is 0 Å². The highest BCUT2D eigenvalue weighted by Gasteiger charge is 2.51. The summed E-state index contributed by atoms with van der Waals surface area (Å²) in [4.78, 5) is 26.6. The van der Waals surface area contributed by atoms with Gasteiger partial charge < -0.3 is 19.6 Å². The van der Waals surface area contributed by atoms with Gasteiger partial charge in [0, 0.05) is 0 Å². The van der Waals surface area contributed by atoms with E-state index in [9.17, 15) is 14.7 Å². The number of benzene rings is 2. The molecule has 0 saturated carbocycles. The zero-order valence-electron chi connectivity index (χ0n) is 18.9. The Bertz CT molecular complexity index is 1130. The van der Waals surface area contributed by atoms with Gasteiger partial charge in [-0.3, -0.25) is 9.69 Å². The minimum atomic E-state index is -1.31. The highest BCUT2D eigenvalue weighted by molar-refractivity contribution is 6.06. The standard InChI is InChI=1S/C26H28N2O5/c1-17-9-12-20(13-10-17)23(19-7-5-4-6-8-19)32-16-21(29)15-28-24(30)26(3,27-25(28)31)22-14-11-18(2)33-22/h4-14,21,23,29H,15-16H2,1-3H3,(H,27,31). The van der Waals surface area contributed by atoms with E-state index in [0.717, 1.165) is 21.6 Å². The zero-order valence-corrected chi connectivity index (χ0v) is 18.9. The van der Waals surface area contributed by atoms with Crippen molar-refractivity contribution in [1.82, 2.24) is 10.2 Å². The smallest absolute Gasteiger partial charge is 0.325 e. The van der Waals surface area contributed by atoms with Crippen molar-refractivity contribution >= 4 is 11.9 Å². The Hall–Kier alpha value is -3.42. The van der Waals surface area contributed by atoms with Crippen molar-refractivity contribution in [2.75, 3.05) is 13.2 Å². The summed E-state index contributed by atoms with van der Waals surface area (Å²) >= 11 is 0. The molecule has 1 saturated heterocycles. The fourth-order valence-corrected chi connectivity index (χ4v) is 3.96. The van der Waals surface area contributed by atoms with E-state index in [1.807, 2.05) is 61.5 Å². The third-order valence-corrected chi connectivity index (χ3v) is 5.84. The van der Waals surface area contributed by atoms with E-state index in [1.54, 1.807) is 26.0 Å². The van der Waals surface area contributed by atoms with Crippen LogP contribution >= 0.6 is 0 Å². The van der Waals surface area contributed by atoms with Crippen LogP contribution in [0.1, 0.15) is 41.2 Å². The van der Waals surface area contributed by atoms with Crippen LogP contribution in [0.3, 0.4) is 0 Å². The number of imide groups is 1. The molecule has 2 heterocycles. The Morgan fingerprint density at radius 1 is 1.00 bits per heavy atom. The van der Waals surface area contributed by atoms with E-state index in [-0.39, 0.29) is 19.3 Å². The molecule has 7 nitrogen and oxygen atoms in total. The Morgan fingerprint density at radius 2 is 1.67 bits per heavy atom. The van der Waals surface area contributed by atoms with Gasteiger partial charge in [0.15, 0.2) is 5.54 Å². The number of furan rings is 1. The molecule has 4 rings (SSSR count). The largest absolute Gasteiger partial charge is 0.463 e. The molecule has 7 heteroatoms. The monoisotopic (exact) mass is 448 g/mol. The first-order chi connectivity index (χ1) is 15.8. The number of hydrogen-bond donors (Lipinski definition) is 2. The molecule has 0 bridgehead atoms. The first-order valence-corrected chi connectivity index (χ1v) is 10.9. The number of carbonyl (C=O) groups is 2.